The first-order valence-corrected chi connectivity index (χ1v) is 15.2. The van der Waals surface area contributed by atoms with Crippen LogP contribution >= 0.6 is 15.9 Å². The van der Waals surface area contributed by atoms with Crippen LogP contribution in [0.25, 0.3) is 21.9 Å². The van der Waals surface area contributed by atoms with Crippen LogP contribution in [-0.2, 0) is 21.3 Å². The first kappa shape index (κ1) is 30.2. The number of ketones is 1. The van der Waals surface area contributed by atoms with Crippen LogP contribution in [0, 0.1) is 0 Å². The number of sulfonamides is 1. The van der Waals surface area contributed by atoms with Crippen molar-refractivity contribution in [2.24, 2.45) is 0 Å². The summed E-state index contributed by atoms with van der Waals surface area (Å²) < 4.78 is 34.1. The number of benzene rings is 3. The fraction of sp³-hybridized carbons (Fsp3) is 0.258. The van der Waals surface area contributed by atoms with Crippen LogP contribution in [0.3, 0.4) is 0 Å². The van der Waals surface area contributed by atoms with Gasteiger partial charge in [-0.05, 0) is 67.6 Å². The first-order valence-electron chi connectivity index (χ1n) is 13.0. The highest BCUT2D eigenvalue weighted by molar-refractivity contribution is 9.10. The van der Waals surface area contributed by atoms with Gasteiger partial charge in [0.1, 0.15) is 5.60 Å². The molecule has 0 aliphatic carbocycles. The Morgan fingerprint density at radius 1 is 0.951 bits per heavy atom. The third-order valence-electron chi connectivity index (χ3n) is 6.45. The molecule has 0 aliphatic rings. The van der Waals surface area contributed by atoms with Gasteiger partial charge in [-0.3, -0.25) is 14.2 Å². The summed E-state index contributed by atoms with van der Waals surface area (Å²) in [4.78, 5) is 39.5. The fourth-order valence-corrected chi connectivity index (χ4v) is 5.85. The van der Waals surface area contributed by atoms with Crippen molar-refractivity contribution in [3.05, 3.63) is 98.9 Å². The SMILES string of the molecule is CCC(=O)c1c(-c2ccccc2)c2cc(Br)ccc2c(=O)n1Cc1ccc(S(=O)(=O)N(C)C(=O)OC(C)(C)C)cc1. The van der Waals surface area contributed by atoms with Gasteiger partial charge in [0.15, 0.2) is 5.78 Å². The molecule has 0 saturated heterocycles. The van der Waals surface area contributed by atoms with E-state index in [0.29, 0.717) is 26.2 Å². The van der Waals surface area contributed by atoms with Crippen LogP contribution in [0.15, 0.2) is 87.0 Å². The van der Waals surface area contributed by atoms with Crippen molar-refractivity contribution in [3.8, 4) is 11.1 Å². The number of Topliss-reactive ketones (excluding diaryl/α,β-unsaturated/α-hetero) is 1. The van der Waals surface area contributed by atoms with Crippen LogP contribution in [0.5, 0.6) is 0 Å². The number of halogens is 1. The molecule has 10 heteroatoms. The Labute approximate surface area is 247 Å². The predicted octanol–water partition coefficient (Wildman–Crippen LogP) is 6.63. The van der Waals surface area contributed by atoms with E-state index in [0.717, 1.165) is 17.1 Å². The number of carbonyl (C=O) groups is 2. The van der Waals surface area contributed by atoms with Crippen LogP contribution in [0.2, 0.25) is 0 Å². The van der Waals surface area contributed by atoms with Crippen LogP contribution < -0.4 is 5.56 Å². The van der Waals surface area contributed by atoms with Gasteiger partial charge in [-0.15, -0.1) is 0 Å². The Kier molecular flexibility index (Phi) is 8.56. The van der Waals surface area contributed by atoms with E-state index < -0.39 is 21.7 Å². The van der Waals surface area contributed by atoms with Gasteiger partial charge < -0.3 is 4.74 Å². The molecule has 3 aromatic carbocycles. The van der Waals surface area contributed by atoms with Crippen molar-refractivity contribution in [3.63, 3.8) is 0 Å². The molecule has 4 aromatic rings. The van der Waals surface area contributed by atoms with Crippen molar-refractivity contribution >= 4 is 48.6 Å². The number of hydrogen-bond acceptors (Lipinski definition) is 6. The van der Waals surface area contributed by atoms with Gasteiger partial charge in [0.2, 0.25) is 0 Å². The van der Waals surface area contributed by atoms with Crippen molar-refractivity contribution in [1.29, 1.82) is 0 Å². The number of nitrogens with zero attached hydrogens (tertiary/aromatic N) is 2. The van der Waals surface area contributed by atoms with Crippen LogP contribution in [-0.4, -0.2) is 41.8 Å². The van der Waals surface area contributed by atoms with Gasteiger partial charge in [0, 0.05) is 28.9 Å². The molecule has 1 heterocycles. The lowest BCUT2D eigenvalue weighted by molar-refractivity contribution is 0.0420. The van der Waals surface area contributed by atoms with Gasteiger partial charge in [-0.1, -0.05) is 65.3 Å². The molecule has 8 nitrogen and oxygen atoms in total. The summed E-state index contributed by atoms with van der Waals surface area (Å²) in [5, 5.41) is 1.12. The van der Waals surface area contributed by atoms with E-state index in [1.165, 1.54) is 16.7 Å². The number of rotatable bonds is 7. The Hall–Kier alpha value is -3.76. The second-order valence-corrected chi connectivity index (χ2v) is 13.4. The Balaban J connectivity index is 1.82. The summed E-state index contributed by atoms with van der Waals surface area (Å²) in [6.07, 6.45) is -0.806. The van der Waals surface area contributed by atoms with Crippen LogP contribution in [0.4, 0.5) is 4.79 Å². The molecular formula is C31H31BrN2O6S. The molecular weight excluding hydrogens is 608 g/mol. The molecule has 1 aromatic heterocycles. The number of ether oxygens (including phenoxy) is 1. The molecule has 214 valence electrons. The zero-order valence-electron chi connectivity index (χ0n) is 23.5. The summed E-state index contributed by atoms with van der Waals surface area (Å²) in [6.45, 7) is 6.73. The van der Waals surface area contributed by atoms with Crippen molar-refractivity contribution < 1.29 is 22.7 Å². The summed E-state index contributed by atoms with van der Waals surface area (Å²) in [6, 6.07) is 20.7. The van der Waals surface area contributed by atoms with Crippen molar-refractivity contribution in [1.82, 2.24) is 8.87 Å². The second kappa shape index (κ2) is 11.6. The highest BCUT2D eigenvalue weighted by Crippen LogP contribution is 2.33. The molecule has 0 saturated carbocycles. The standard InChI is InChI=1S/C31H31BrN2O6S/c1-6-26(35)28-27(21-10-8-7-9-11-21)25-18-22(32)14-17-24(25)29(36)34(28)19-20-12-15-23(16-13-20)41(38,39)33(5)30(37)40-31(2,3)4/h7-18H,6,19H2,1-5H3. The summed E-state index contributed by atoms with van der Waals surface area (Å²) in [5.74, 6) is -0.194. The lowest BCUT2D eigenvalue weighted by Crippen LogP contribution is -2.38. The van der Waals surface area contributed by atoms with Gasteiger partial charge in [-0.2, -0.15) is 0 Å². The minimum Gasteiger partial charge on any atom is -0.443 e. The number of hydrogen-bond donors (Lipinski definition) is 0. The lowest BCUT2D eigenvalue weighted by Gasteiger charge is -2.24. The van der Waals surface area contributed by atoms with E-state index in [1.807, 2.05) is 36.4 Å². The van der Waals surface area contributed by atoms with Gasteiger partial charge in [-0.25, -0.2) is 17.5 Å². The Morgan fingerprint density at radius 2 is 1.59 bits per heavy atom. The Bertz CT molecular complexity index is 1790. The Morgan fingerprint density at radius 3 is 2.17 bits per heavy atom. The average Bonchev–Trinajstić information content (AvgIpc) is 2.93. The zero-order valence-corrected chi connectivity index (χ0v) is 25.9. The monoisotopic (exact) mass is 638 g/mol. The maximum atomic E-state index is 13.8. The van der Waals surface area contributed by atoms with E-state index >= 15 is 0 Å². The highest BCUT2D eigenvalue weighted by Gasteiger charge is 2.30. The topological polar surface area (TPSA) is 103 Å². The molecule has 0 spiro atoms. The molecule has 0 bridgehead atoms. The predicted molar refractivity (Wildman–Crippen MR) is 163 cm³/mol. The fourth-order valence-electron chi connectivity index (χ4n) is 4.46. The second-order valence-electron chi connectivity index (χ2n) is 10.5. The van der Waals surface area contributed by atoms with E-state index in [9.17, 15) is 22.8 Å². The third-order valence-corrected chi connectivity index (χ3v) is 8.69. The van der Waals surface area contributed by atoms with Crippen molar-refractivity contribution in [2.45, 2.75) is 51.2 Å². The van der Waals surface area contributed by atoms with Gasteiger partial charge in [0.25, 0.3) is 15.6 Å². The lowest BCUT2D eigenvalue weighted by atomic mass is 9.94. The van der Waals surface area contributed by atoms with E-state index in [4.69, 9.17) is 4.74 Å². The quantitative estimate of drug-likeness (QED) is 0.211. The minimum absolute atomic E-state index is 0.0357. The summed E-state index contributed by atoms with van der Waals surface area (Å²) >= 11 is 3.50. The normalized spacial score (nSPS) is 11.9. The number of fused-ring (bicyclic) bond motifs is 1. The molecule has 0 radical (unpaired) electrons. The molecule has 0 atom stereocenters. The highest BCUT2D eigenvalue weighted by atomic mass is 79.9. The van der Waals surface area contributed by atoms with Crippen LogP contribution in [0.1, 0.15) is 50.2 Å². The maximum absolute atomic E-state index is 13.8. The maximum Gasteiger partial charge on any atom is 0.424 e. The van der Waals surface area contributed by atoms with Crippen molar-refractivity contribution in [2.75, 3.05) is 7.05 Å². The molecule has 0 aliphatic heterocycles. The molecule has 41 heavy (non-hydrogen) atoms. The number of aromatic nitrogens is 1. The van der Waals surface area contributed by atoms with Gasteiger partial charge in [0.05, 0.1) is 17.1 Å². The molecule has 4 rings (SSSR count). The molecule has 0 N–H and O–H groups in total. The van der Waals surface area contributed by atoms with E-state index in [1.54, 1.807) is 52.0 Å². The third kappa shape index (κ3) is 6.28. The number of amides is 1. The first-order chi connectivity index (χ1) is 19.2. The number of carbonyl (C=O) groups excluding carboxylic acids is 2. The summed E-state index contributed by atoms with van der Waals surface area (Å²) in [7, 11) is -3.04. The summed E-state index contributed by atoms with van der Waals surface area (Å²) in [5.41, 5.74) is 1.16. The largest absolute Gasteiger partial charge is 0.443 e. The zero-order chi connectivity index (χ0) is 30.1. The number of pyridine rings is 1. The molecule has 0 unspecified atom stereocenters. The average molecular weight is 640 g/mol. The molecule has 1 amide bonds. The molecule has 0 fully saturated rings. The minimum atomic E-state index is -4.18. The smallest absolute Gasteiger partial charge is 0.424 e. The van der Waals surface area contributed by atoms with E-state index in [-0.39, 0.29) is 34.9 Å². The van der Waals surface area contributed by atoms with Gasteiger partial charge >= 0.3 is 6.09 Å². The van der Waals surface area contributed by atoms with E-state index in [2.05, 4.69) is 15.9 Å².